The first-order chi connectivity index (χ1) is 11.9. The highest BCUT2D eigenvalue weighted by molar-refractivity contribution is 7.89. The summed E-state index contributed by atoms with van der Waals surface area (Å²) in [6, 6.07) is 14.3. The molecule has 0 spiro atoms. The summed E-state index contributed by atoms with van der Waals surface area (Å²) in [5, 5.41) is 8.79. The van der Waals surface area contributed by atoms with Crippen LogP contribution in [-0.4, -0.2) is 26.9 Å². The predicted octanol–water partition coefficient (Wildman–Crippen LogP) is 1.95. The zero-order valence-corrected chi connectivity index (χ0v) is 14.5. The van der Waals surface area contributed by atoms with Gasteiger partial charge in [-0.2, -0.15) is 9.98 Å². The zero-order valence-electron chi connectivity index (χ0n) is 13.6. The van der Waals surface area contributed by atoms with E-state index in [9.17, 15) is 13.2 Å². The molecule has 0 aromatic heterocycles. The van der Waals surface area contributed by atoms with E-state index in [1.165, 1.54) is 24.3 Å². The van der Waals surface area contributed by atoms with Gasteiger partial charge in [-0.3, -0.25) is 4.79 Å². The zero-order chi connectivity index (χ0) is 18.0. The lowest BCUT2D eigenvalue weighted by Gasteiger charge is -2.17. The Kier molecular flexibility index (Phi) is 4.57. The van der Waals surface area contributed by atoms with E-state index in [2.05, 4.69) is 4.72 Å². The standard InChI is InChI=1S/C18H17N3O3S/c1-13-2-6-15(7-3-13)21-11-10-17(18(21)22)20-25(23,24)16-8-4-14(12-19)5-9-16/h2-9,17,20H,10-11H2,1H3. The van der Waals surface area contributed by atoms with Crippen LogP contribution in [0.25, 0.3) is 0 Å². The van der Waals surface area contributed by atoms with Gasteiger partial charge in [-0.05, 0) is 49.7 Å². The number of carbonyl (C=O) groups is 1. The van der Waals surface area contributed by atoms with Crippen LogP contribution in [-0.2, 0) is 14.8 Å². The number of anilines is 1. The molecule has 1 aliphatic heterocycles. The number of nitrogens with zero attached hydrogens (tertiary/aromatic N) is 2. The van der Waals surface area contributed by atoms with Gasteiger partial charge in [-0.15, -0.1) is 0 Å². The molecule has 3 rings (SSSR count). The molecule has 1 fully saturated rings. The molecule has 25 heavy (non-hydrogen) atoms. The molecule has 6 nitrogen and oxygen atoms in total. The van der Waals surface area contributed by atoms with Crippen LogP contribution in [0.2, 0.25) is 0 Å². The third-order valence-corrected chi connectivity index (χ3v) is 5.63. The first-order valence-electron chi connectivity index (χ1n) is 7.81. The molecule has 1 N–H and O–H groups in total. The summed E-state index contributed by atoms with van der Waals surface area (Å²) >= 11 is 0. The molecule has 1 heterocycles. The summed E-state index contributed by atoms with van der Waals surface area (Å²) in [6.07, 6.45) is 0.405. The van der Waals surface area contributed by atoms with Crippen molar-refractivity contribution in [2.24, 2.45) is 0 Å². The summed E-state index contributed by atoms with van der Waals surface area (Å²) in [6.45, 7) is 2.42. The molecule has 1 amide bonds. The van der Waals surface area contributed by atoms with Gasteiger partial charge in [0.2, 0.25) is 15.9 Å². The second kappa shape index (κ2) is 6.67. The number of rotatable bonds is 4. The Morgan fingerprint density at radius 2 is 1.76 bits per heavy atom. The third kappa shape index (κ3) is 3.55. The Morgan fingerprint density at radius 3 is 2.36 bits per heavy atom. The average molecular weight is 355 g/mol. The molecule has 1 unspecified atom stereocenters. The van der Waals surface area contributed by atoms with E-state index in [0.717, 1.165) is 11.3 Å². The highest BCUT2D eigenvalue weighted by Crippen LogP contribution is 2.23. The van der Waals surface area contributed by atoms with Crippen LogP contribution < -0.4 is 9.62 Å². The molecule has 0 saturated carbocycles. The minimum atomic E-state index is -3.82. The second-order valence-corrected chi connectivity index (χ2v) is 7.64. The van der Waals surface area contributed by atoms with Crippen molar-refractivity contribution < 1.29 is 13.2 Å². The smallest absolute Gasteiger partial charge is 0.245 e. The molecule has 1 atom stereocenters. The van der Waals surface area contributed by atoms with E-state index in [1.54, 1.807) is 4.90 Å². The van der Waals surface area contributed by atoms with E-state index in [4.69, 9.17) is 5.26 Å². The third-order valence-electron chi connectivity index (χ3n) is 4.14. The number of benzene rings is 2. The number of aryl methyl sites for hydroxylation is 1. The molecular weight excluding hydrogens is 338 g/mol. The van der Waals surface area contributed by atoms with Gasteiger partial charge in [0, 0.05) is 12.2 Å². The van der Waals surface area contributed by atoms with Crippen LogP contribution in [0.1, 0.15) is 17.5 Å². The molecule has 1 saturated heterocycles. The Balaban J connectivity index is 1.75. The number of hydrogen-bond acceptors (Lipinski definition) is 4. The first kappa shape index (κ1) is 17.1. The summed E-state index contributed by atoms with van der Waals surface area (Å²) in [7, 11) is -3.82. The lowest BCUT2D eigenvalue weighted by molar-refractivity contribution is -0.118. The maximum atomic E-state index is 12.6. The molecule has 2 aromatic rings. The van der Waals surface area contributed by atoms with Gasteiger partial charge in [0.1, 0.15) is 6.04 Å². The molecule has 2 aromatic carbocycles. The lowest BCUT2D eigenvalue weighted by atomic mass is 10.2. The Labute approximate surface area is 146 Å². The SMILES string of the molecule is Cc1ccc(N2CCC(NS(=O)(=O)c3ccc(C#N)cc3)C2=O)cc1. The van der Waals surface area contributed by atoms with Crippen LogP contribution in [0.3, 0.4) is 0 Å². The normalized spacial score (nSPS) is 17.5. The minimum Gasteiger partial charge on any atom is -0.311 e. The molecular formula is C18H17N3O3S. The molecule has 0 radical (unpaired) electrons. The average Bonchev–Trinajstić information content (AvgIpc) is 2.96. The highest BCUT2D eigenvalue weighted by Gasteiger charge is 2.35. The van der Waals surface area contributed by atoms with Crippen LogP contribution in [0.15, 0.2) is 53.4 Å². The van der Waals surface area contributed by atoms with E-state index >= 15 is 0 Å². The molecule has 0 aliphatic carbocycles. The van der Waals surface area contributed by atoms with E-state index in [1.807, 2.05) is 37.3 Å². The van der Waals surface area contributed by atoms with Crippen molar-refractivity contribution in [3.05, 3.63) is 59.7 Å². The quantitative estimate of drug-likeness (QED) is 0.908. The fraction of sp³-hybridized carbons (Fsp3) is 0.222. The minimum absolute atomic E-state index is 0.0353. The number of nitriles is 1. The summed E-state index contributed by atoms with van der Waals surface area (Å²) < 4.78 is 27.4. The van der Waals surface area contributed by atoms with Gasteiger partial charge < -0.3 is 4.90 Å². The Bertz CT molecular complexity index is 929. The molecule has 128 valence electrons. The summed E-state index contributed by atoms with van der Waals surface area (Å²) in [4.78, 5) is 14.2. The van der Waals surface area contributed by atoms with Crippen molar-refractivity contribution in [2.45, 2.75) is 24.3 Å². The van der Waals surface area contributed by atoms with Gasteiger partial charge in [-0.25, -0.2) is 8.42 Å². The van der Waals surface area contributed by atoms with Gasteiger partial charge in [-0.1, -0.05) is 17.7 Å². The first-order valence-corrected chi connectivity index (χ1v) is 9.29. The van der Waals surface area contributed by atoms with Gasteiger partial charge in [0.25, 0.3) is 0 Å². The van der Waals surface area contributed by atoms with Gasteiger partial charge in [0.15, 0.2) is 0 Å². The maximum absolute atomic E-state index is 12.6. The van der Waals surface area contributed by atoms with Crippen LogP contribution in [0.5, 0.6) is 0 Å². The number of hydrogen-bond donors (Lipinski definition) is 1. The monoisotopic (exact) mass is 355 g/mol. The van der Waals surface area contributed by atoms with Crippen molar-refractivity contribution >= 4 is 21.6 Å². The Hall–Kier alpha value is -2.69. The second-order valence-electron chi connectivity index (χ2n) is 5.92. The predicted molar refractivity (Wildman–Crippen MR) is 93.4 cm³/mol. The van der Waals surface area contributed by atoms with Crippen LogP contribution in [0, 0.1) is 18.3 Å². The summed E-state index contributed by atoms with van der Waals surface area (Å²) in [5.74, 6) is -0.263. The van der Waals surface area contributed by atoms with E-state index in [-0.39, 0.29) is 10.8 Å². The van der Waals surface area contributed by atoms with Crippen molar-refractivity contribution in [3.63, 3.8) is 0 Å². The van der Waals surface area contributed by atoms with Crippen molar-refractivity contribution in [3.8, 4) is 6.07 Å². The summed E-state index contributed by atoms with van der Waals surface area (Å²) in [5.41, 5.74) is 2.23. The number of nitrogens with one attached hydrogen (secondary N) is 1. The lowest BCUT2D eigenvalue weighted by Crippen LogP contribution is -2.41. The van der Waals surface area contributed by atoms with E-state index in [0.29, 0.717) is 18.5 Å². The van der Waals surface area contributed by atoms with E-state index < -0.39 is 16.1 Å². The van der Waals surface area contributed by atoms with Crippen molar-refractivity contribution in [2.75, 3.05) is 11.4 Å². The van der Waals surface area contributed by atoms with Crippen molar-refractivity contribution in [1.82, 2.24) is 4.72 Å². The Morgan fingerprint density at radius 1 is 1.12 bits per heavy atom. The molecule has 0 bridgehead atoms. The fourth-order valence-electron chi connectivity index (χ4n) is 2.73. The van der Waals surface area contributed by atoms with Crippen LogP contribution in [0.4, 0.5) is 5.69 Å². The number of amides is 1. The van der Waals surface area contributed by atoms with Gasteiger partial charge >= 0.3 is 0 Å². The van der Waals surface area contributed by atoms with Crippen molar-refractivity contribution in [1.29, 1.82) is 5.26 Å². The largest absolute Gasteiger partial charge is 0.311 e. The maximum Gasteiger partial charge on any atom is 0.245 e. The van der Waals surface area contributed by atoms with Crippen LogP contribution >= 0.6 is 0 Å². The molecule has 1 aliphatic rings. The highest BCUT2D eigenvalue weighted by atomic mass is 32.2. The topological polar surface area (TPSA) is 90.3 Å². The fourth-order valence-corrected chi connectivity index (χ4v) is 3.96. The number of carbonyl (C=O) groups excluding carboxylic acids is 1. The van der Waals surface area contributed by atoms with Gasteiger partial charge in [0.05, 0.1) is 16.5 Å². The molecule has 7 heteroatoms. The number of sulfonamides is 1.